The van der Waals surface area contributed by atoms with Crippen LogP contribution in [0, 0.1) is 0 Å². The van der Waals surface area contributed by atoms with E-state index in [0.717, 1.165) is 21.4 Å². The molecule has 0 N–H and O–H groups in total. The Morgan fingerprint density at radius 3 is 2.67 bits per heavy atom. The summed E-state index contributed by atoms with van der Waals surface area (Å²) in [6.45, 7) is 5.85. The lowest BCUT2D eigenvalue weighted by Crippen LogP contribution is -1.86. The highest BCUT2D eigenvalue weighted by Gasteiger charge is 2.01. The van der Waals surface area contributed by atoms with Gasteiger partial charge in [-0.05, 0) is 36.3 Å². The summed E-state index contributed by atoms with van der Waals surface area (Å²) in [6, 6.07) is 5.84. The molecule has 0 aliphatic rings. The van der Waals surface area contributed by atoms with Gasteiger partial charge in [-0.25, -0.2) is 0 Å². The van der Waals surface area contributed by atoms with Gasteiger partial charge in [0.2, 0.25) is 0 Å². The molecule has 0 heterocycles. The lowest BCUT2D eigenvalue weighted by atomic mass is 10.1. The summed E-state index contributed by atoms with van der Waals surface area (Å²) in [4.78, 5) is 0. The van der Waals surface area contributed by atoms with Gasteiger partial charge < -0.3 is 4.74 Å². The van der Waals surface area contributed by atoms with Crippen LogP contribution in [0.2, 0.25) is 0 Å². The first-order valence-electron chi connectivity index (χ1n) is 3.64. The van der Waals surface area contributed by atoms with Gasteiger partial charge in [0, 0.05) is 4.47 Å². The molecule has 0 amide bonds. The maximum absolute atomic E-state index is 5.10. The summed E-state index contributed by atoms with van der Waals surface area (Å²) in [5, 5.41) is 0. The Labute approximate surface area is 81.2 Å². The van der Waals surface area contributed by atoms with E-state index in [-0.39, 0.29) is 0 Å². The fraction of sp³-hybridized carbons (Fsp3) is 0.200. The third-order valence-corrected chi connectivity index (χ3v) is 2.32. The average Bonchev–Trinajstić information content (AvgIpc) is 2.05. The van der Waals surface area contributed by atoms with Crippen molar-refractivity contribution in [2.75, 3.05) is 7.11 Å². The Balaban J connectivity index is 3.17. The van der Waals surface area contributed by atoms with E-state index in [1.807, 2.05) is 25.1 Å². The molecule has 0 saturated carbocycles. The first-order chi connectivity index (χ1) is 5.65. The molecule has 2 heteroatoms. The number of hydrogen-bond donors (Lipinski definition) is 0. The minimum absolute atomic E-state index is 0.858. The van der Waals surface area contributed by atoms with Gasteiger partial charge in [0.1, 0.15) is 5.75 Å². The summed E-state index contributed by atoms with van der Waals surface area (Å²) in [5.74, 6) is 0.858. The topological polar surface area (TPSA) is 9.23 Å². The second-order valence-corrected chi connectivity index (χ2v) is 3.48. The van der Waals surface area contributed by atoms with Crippen LogP contribution < -0.4 is 4.74 Å². The zero-order chi connectivity index (χ0) is 9.14. The van der Waals surface area contributed by atoms with Crippen molar-refractivity contribution >= 4 is 21.5 Å². The summed E-state index contributed by atoms with van der Waals surface area (Å²) in [7, 11) is 1.66. The molecule has 1 nitrogen and oxygen atoms in total. The second-order valence-electron chi connectivity index (χ2n) is 2.63. The molecule has 0 saturated heterocycles. The number of halogens is 1. The van der Waals surface area contributed by atoms with Gasteiger partial charge in [-0.1, -0.05) is 22.5 Å². The average molecular weight is 227 g/mol. The molecule has 0 spiro atoms. The summed E-state index contributed by atoms with van der Waals surface area (Å²) in [5.41, 5.74) is 2.12. The van der Waals surface area contributed by atoms with Crippen LogP contribution in [0.25, 0.3) is 5.57 Å². The van der Waals surface area contributed by atoms with Crippen LogP contribution in [0.3, 0.4) is 0 Å². The zero-order valence-corrected chi connectivity index (χ0v) is 8.81. The van der Waals surface area contributed by atoms with Gasteiger partial charge >= 0.3 is 0 Å². The number of hydrogen-bond acceptors (Lipinski definition) is 1. The molecule has 1 aromatic carbocycles. The SMILES string of the molecule is C=C(C)c1cc(OC)ccc1Br. The molecule has 1 rings (SSSR count). The summed E-state index contributed by atoms with van der Waals surface area (Å²) < 4.78 is 6.15. The fourth-order valence-electron chi connectivity index (χ4n) is 0.958. The van der Waals surface area contributed by atoms with Gasteiger partial charge in [0.15, 0.2) is 0 Å². The monoisotopic (exact) mass is 226 g/mol. The summed E-state index contributed by atoms with van der Waals surface area (Å²) >= 11 is 3.44. The Kier molecular flexibility index (Phi) is 2.93. The lowest BCUT2D eigenvalue weighted by molar-refractivity contribution is 0.414. The molecule has 0 aromatic heterocycles. The van der Waals surface area contributed by atoms with Crippen LogP contribution in [-0.2, 0) is 0 Å². The van der Waals surface area contributed by atoms with Crippen molar-refractivity contribution in [1.29, 1.82) is 0 Å². The predicted octanol–water partition coefficient (Wildman–Crippen LogP) is 3.49. The van der Waals surface area contributed by atoms with E-state index in [0.29, 0.717) is 0 Å². The van der Waals surface area contributed by atoms with E-state index in [2.05, 4.69) is 22.5 Å². The normalized spacial score (nSPS) is 9.58. The Hall–Kier alpha value is -0.760. The quantitative estimate of drug-likeness (QED) is 0.751. The van der Waals surface area contributed by atoms with E-state index < -0.39 is 0 Å². The molecule has 0 fully saturated rings. The Morgan fingerprint density at radius 2 is 2.17 bits per heavy atom. The van der Waals surface area contributed by atoms with Crippen LogP contribution in [0.15, 0.2) is 29.3 Å². The largest absolute Gasteiger partial charge is 0.497 e. The van der Waals surface area contributed by atoms with Crippen LogP contribution in [-0.4, -0.2) is 7.11 Å². The van der Waals surface area contributed by atoms with E-state index in [9.17, 15) is 0 Å². The minimum atomic E-state index is 0.858. The third-order valence-electron chi connectivity index (χ3n) is 1.63. The van der Waals surface area contributed by atoms with Gasteiger partial charge in [0.05, 0.1) is 7.11 Å². The van der Waals surface area contributed by atoms with Crippen LogP contribution in [0.4, 0.5) is 0 Å². The standard InChI is InChI=1S/C10H11BrO/c1-7(2)9-6-8(12-3)4-5-10(9)11/h4-6H,1H2,2-3H3. The van der Waals surface area contributed by atoms with Crippen molar-refractivity contribution in [2.45, 2.75) is 6.92 Å². The lowest BCUT2D eigenvalue weighted by Gasteiger charge is -2.05. The molecule has 0 atom stereocenters. The van der Waals surface area contributed by atoms with Crippen LogP contribution in [0.5, 0.6) is 5.75 Å². The van der Waals surface area contributed by atoms with Crippen molar-refractivity contribution in [3.63, 3.8) is 0 Å². The molecule has 0 radical (unpaired) electrons. The van der Waals surface area contributed by atoms with Gasteiger partial charge in [-0.3, -0.25) is 0 Å². The molecular weight excluding hydrogens is 216 g/mol. The second kappa shape index (κ2) is 3.76. The molecule has 0 unspecified atom stereocenters. The molecular formula is C10H11BrO. The number of ether oxygens (including phenoxy) is 1. The zero-order valence-electron chi connectivity index (χ0n) is 7.23. The predicted molar refractivity (Wildman–Crippen MR) is 55.4 cm³/mol. The van der Waals surface area contributed by atoms with Gasteiger partial charge in [-0.15, -0.1) is 0 Å². The fourth-order valence-corrected chi connectivity index (χ4v) is 1.54. The van der Waals surface area contributed by atoms with Crippen molar-refractivity contribution in [1.82, 2.24) is 0 Å². The van der Waals surface area contributed by atoms with Crippen molar-refractivity contribution in [3.8, 4) is 5.75 Å². The highest BCUT2D eigenvalue weighted by Crippen LogP contribution is 2.26. The maximum Gasteiger partial charge on any atom is 0.119 e. The number of benzene rings is 1. The Bertz CT molecular complexity index is 305. The van der Waals surface area contributed by atoms with E-state index in [1.54, 1.807) is 7.11 Å². The minimum Gasteiger partial charge on any atom is -0.497 e. The molecule has 12 heavy (non-hydrogen) atoms. The highest BCUT2D eigenvalue weighted by molar-refractivity contribution is 9.10. The Morgan fingerprint density at radius 1 is 1.50 bits per heavy atom. The summed E-state index contributed by atoms with van der Waals surface area (Å²) in [6.07, 6.45) is 0. The van der Waals surface area contributed by atoms with Crippen LogP contribution in [0.1, 0.15) is 12.5 Å². The number of allylic oxidation sites excluding steroid dienone is 1. The molecule has 0 aliphatic heterocycles. The molecule has 64 valence electrons. The molecule has 1 aromatic rings. The third kappa shape index (κ3) is 1.89. The highest BCUT2D eigenvalue weighted by atomic mass is 79.9. The first kappa shape index (κ1) is 9.33. The van der Waals surface area contributed by atoms with Crippen molar-refractivity contribution in [2.24, 2.45) is 0 Å². The van der Waals surface area contributed by atoms with E-state index >= 15 is 0 Å². The smallest absolute Gasteiger partial charge is 0.119 e. The van der Waals surface area contributed by atoms with Crippen molar-refractivity contribution in [3.05, 3.63) is 34.8 Å². The van der Waals surface area contributed by atoms with E-state index in [1.165, 1.54) is 0 Å². The van der Waals surface area contributed by atoms with Gasteiger partial charge in [-0.2, -0.15) is 0 Å². The number of rotatable bonds is 2. The molecule has 0 aliphatic carbocycles. The van der Waals surface area contributed by atoms with Crippen molar-refractivity contribution < 1.29 is 4.74 Å². The van der Waals surface area contributed by atoms with Crippen LogP contribution >= 0.6 is 15.9 Å². The molecule has 0 bridgehead atoms. The maximum atomic E-state index is 5.10. The van der Waals surface area contributed by atoms with Gasteiger partial charge in [0.25, 0.3) is 0 Å². The van der Waals surface area contributed by atoms with E-state index in [4.69, 9.17) is 4.74 Å². The first-order valence-corrected chi connectivity index (χ1v) is 4.44. The number of methoxy groups -OCH3 is 1.